The molecule has 8 rings (SSSR count). The largest absolute Gasteiger partial charge is 0.120 e. The van der Waals surface area contributed by atoms with Crippen LogP contribution in [0.15, 0.2) is 182 Å². The van der Waals surface area contributed by atoms with Crippen molar-refractivity contribution in [3.05, 3.63) is 210 Å². The average Bonchev–Trinajstić information content (AvgIpc) is 3.23. The number of benzene rings is 8. The third kappa shape index (κ3) is 6.93. The van der Waals surface area contributed by atoms with Gasteiger partial charge in [-0.2, -0.15) is 0 Å². The van der Waals surface area contributed by atoms with E-state index >= 15 is 0 Å². The number of terminal acetylenes is 1. The summed E-state index contributed by atoms with van der Waals surface area (Å²) in [4.78, 5) is 0. The maximum atomic E-state index is 5.84. The van der Waals surface area contributed by atoms with Crippen LogP contribution in [0.5, 0.6) is 0 Å². The second kappa shape index (κ2) is 15.5. The van der Waals surface area contributed by atoms with Crippen LogP contribution in [0.3, 0.4) is 0 Å². The lowest BCUT2D eigenvalue weighted by Crippen LogP contribution is -1.94. The van der Waals surface area contributed by atoms with Gasteiger partial charge in [-0.05, 0) is 132 Å². The van der Waals surface area contributed by atoms with Gasteiger partial charge in [-0.3, -0.25) is 0 Å². The van der Waals surface area contributed by atoms with Crippen LogP contribution in [0.2, 0.25) is 0 Å². The number of allylic oxidation sites excluding steroid dienone is 5. The predicted molar refractivity (Wildman–Crippen MR) is 235 cm³/mol. The van der Waals surface area contributed by atoms with Gasteiger partial charge < -0.3 is 0 Å². The molecule has 0 heteroatoms. The van der Waals surface area contributed by atoms with Crippen LogP contribution < -0.4 is 0 Å². The minimum atomic E-state index is 0.599. The highest BCUT2D eigenvalue weighted by molar-refractivity contribution is 6.13. The van der Waals surface area contributed by atoms with Gasteiger partial charge in [-0.1, -0.05) is 170 Å². The first-order valence-electron chi connectivity index (χ1n) is 18.8. The van der Waals surface area contributed by atoms with Gasteiger partial charge in [0, 0.05) is 6.42 Å². The maximum absolute atomic E-state index is 5.84. The fraction of sp³-hybridized carbons (Fsp3) is 0.0741. The van der Waals surface area contributed by atoms with Gasteiger partial charge in [0.25, 0.3) is 0 Å². The second-order valence-electron chi connectivity index (χ2n) is 13.9. The molecule has 0 atom stereocenters. The summed E-state index contributed by atoms with van der Waals surface area (Å²) in [6.07, 6.45) is 16.2. The normalized spacial score (nSPS) is 12.2. The van der Waals surface area contributed by atoms with Gasteiger partial charge in [0.05, 0.1) is 0 Å². The van der Waals surface area contributed by atoms with Crippen LogP contribution in [0.25, 0.3) is 71.8 Å². The van der Waals surface area contributed by atoms with Crippen LogP contribution in [-0.2, 0) is 12.8 Å². The molecular weight excluding hydrogens is 649 g/mol. The molecule has 8 aromatic carbocycles. The second-order valence-corrected chi connectivity index (χ2v) is 13.9. The highest BCUT2D eigenvalue weighted by Crippen LogP contribution is 2.37. The average molecular weight is 691 g/mol. The van der Waals surface area contributed by atoms with Crippen molar-refractivity contribution < 1.29 is 0 Å². The molecule has 0 radical (unpaired) electrons. The molecule has 0 saturated heterocycles. The molecule has 54 heavy (non-hydrogen) atoms. The molecule has 0 unspecified atom stereocenters. The van der Waals surface area contributed by atoms with E-state index < -0.39 is 0 Å². The van der Waals surface area contributed by atoms with E-state index in [0.717, 1.165) is 6.42 Å². The van der Waals surface area contributed by atoms with Gasteiger partial charge in [0.15, 0.2) is 0 Å². The highest BCUT2D eigenvalue weighted by Gasteiger charge is 2.13. The summed E-state index contributed by atoms with van der Waals surface area (Å²) in [7, 11) is 0. The first-order chi connectivity index (χ1) is 26.6. The molecule has 0 aromatic heterocycles. The minimum Gasteiger partial charge on any atom is -0.120 e. The summed E-state index contributed by atoms with van der Waals surface area (Å²) in [6.45, 7) is 4.28. The lowest BCUT2D eigenvalue weighted by atomic mass is 9.88. The van der Waals surface area contributed by atoms with Gasteiger partial charge in [0.2, 0.25) is 0 Å². The Morgan fingerprint density at radius 3 is 1.94 bits per heavy atom. The Labute approximate surface area is 319 Å². The zero-order valence-corrected chi connectivity index (χ0v) is 30.9. The van der Waals surface area contributed by atoms with Crippen molar-refractivity contribution >= 4 is 49.5 Å². The quantitative estimate of drug-likeness (QED) is 0.0803. The summed E-state index contributed by atoms with van der Waals surface area (Å²) >= 11 is 0. The Morgan fingerprint density at radius 1 is 0.574 bits per heavy atom. The van der Waals surface area contributed by atoms with E-state index in [2.05, 4.69) is 208 Å². The summed E-state index contributed by atoms with van der Waals surface area (Å²) in [6, 6.07) is 59.5. The van der Waals surface area contributed by atoms with E-state index in [1.807, 2.05) is 0 Å². The van der Waals surface area contributed by atoms with Gasteiger partial charge in [-0.25, -0.2) is 0 Å². The molecule has 0 heterocycles. The molecule has 0 saturated carbocycles. The van der Waals surface area contributed by atoms with Crippen LogP contribution in [0.4, 0.5) is 0 Å². The molecule has 0 aliphatic rings. The van der Waals surface area contributed by atoms with Crippen molar-refractivity contribution in [2.24, 2.45) is 0 Å². The Bertz CT molecular complexity index is 2780. The molecule has 0 aliphatic heterocycles. The molecule has 0 fully saturated rings. The zero-order chi connectivity index (χ0) is 36.9. The first-order valence-corrected chi connectivity index (χ1v) is 18.8. The number of fused-ring (bicyclic) bond motifs is 4. The van der Waals surface area contributed by atoms with E-state index in [0.29, 0.717) is 6.42 Å². The van der Waals surface area contributed by atoms with Crippen molar-refractivity contribution in [1.82, 2.24) is 0 Å². The van der Waals surface area contributed by atoms with E-state index in [9.17, 15) is 0 Å². The standard InChI is InChI=1S/C54H42/c1-4-17-43-36-54(51-29-13-11-27-49(51)47(43)18-5-2)45-25-16-23-41(35-45)38(3)33-42(40-20-7-6-8-21-40)32-31-39-19-15-24-44(34-39)53-37-46-22-9-10-26-48(46)50-28-12-14-30-52(50)53/h2,4,6-17,19-30,32-37H,18,31H2,1,3H3/b17-4-,38-33+,42-32+. The number of hydrogen-bond donors (Lipinski definition) is 0. The van der Waals surface area contributed by atoms with E-state index in [4.69, 9.17) is 6.42 Å². The van der Waals surface area contributed by atoms with Crippen molar-refractivity contribution in [2.45, 2.75) is 26.7 Å². The molecule has 0 N–H and O–H groups in total. The SMILES string of the molecule is C#CCc1c(/C=C\C)cc(-c2cccc(/C(C)=C/C(=C\Cc3cccc(-c4cc5ccccc5c5ccccc45)c3)c3ccccc3)c2)c2ccccc12. The fourth-order valence-corrected chi connectivity index (χ4v) is 7.85. The smallest absolute Gasteiger partial charge is 0.0349 e. The number of rotatable bonds is 9. The van der Waals surface area contributed by atoms with Crippen LogP contribution in [0.1, 0.15) is 41.7 Å². The molecule has 0 aliphatic carbocycles. The molecule has 0 spiro atoms. The zero-order valence-electron chi connectivity index (χ0n) is 30.9. The van der Waals surface area contributed by atoms with Crippen LogP contribution in [0, 0.1) is 12.3 Å². The van der Waals surface area contributed by atoms with Crippen molar-refractivity contribution in [3.63, 3.8) is 0 Å². The predicted octanol–water partition coefficient (Wildman–Crippen LogP) is 14.4. The maximum Gasteiger partial charge on any atom is 0.0349 e. The highest BCUT2D eigenvalue weighted by atomic mass is 14.2. The van der Waals surface area contributed by atoms with E-state index in [1.165, 1.54) is 93.5 Å². The molecule has 0 nitrogen and oxygen atoms in total. The molecule has 0 amide bonds. The Kier molecular flexibility index (Phi) is 9.88. The van der Waals surface area contributed by atoms with Crippen molar-refractivity contribution in [2.75, 3.05) is 0 Å². The summed E-state index contributed by atoms with van der Waals surface area (Å²) < 4.78 is 0. The molecular formula is C54H42. The topological polar surface area (TPSA) is 0 Å². The number of hydrogen-bond acceptors (Lipinski definition) is 0. The van der Waals surface area contributed by atoms with Gasteiger partial charge in [0.1, 0.15) is 0 Å². The van der Waals surface area contributed by atoms with Crippen molar-refractivity contribution in [1.29, 1.82) is 0 Å². The Hall–Kier alpha value is -6.68. The summed E-state index contributed by atoms with van der Waals surface area (Å²) in [5, 5.41) is 7.56. The van der Waals surface area contributed by atoms with Crippen molar-refractivity contribution in [3.8, 4) is 34.6 Å². The van der Waals surface area contributed by atoms with Gasteiger partial charge in [-0.15, -0.1) is 12.3 Å². The lowest BCUT2D eigenvalue weighted by molar-refractivity contribution is 1.27. The lowest BCUT2D eigenvalue weighted by Gasteiger charge is -2.15. The molecule has 258 valence electrons. The van der Waals surface area contributed by atoms with Crippen LogP contribution in [-0.4, -0.2) is 0 Å². The van der Waals surface area contributed by atoms with E-state index in [1.54, 1.807) is 0 Å². The molecule has 0 bridgehead atoms. The first kappa shape index (κ1) is 34.4. The minimum absolute atomic E-state index is 0.599. The monoisotopic (exact) mass is 690 g/mol. The summed E-state index contributed by atoms with van der Waals surface area (Å²) in [5.41, 5.74) is 13.4. The third-order valence-corrected chi connectivity index (χ3v) is 10.5. The summed E-state index contributed by atoms with van der Waals surface area (Å²) in [5.74, 6) is 2.89. The Morgan fingerprint density at radius 2 is 1.19 bits per heavy atom. The van der Waals surface area contributed by atoms with E-state index in [-0.39, 0.29) is 0 Å². The third-order valence-electron chi connectivity index (χ3n) is 10.5. The fourth-order valence-electron chi connectivity index (χ4n) is 7.85. The van der Waals surface area contributed by atoms with Gasteiger partial charge >= 0.3 is 0 Å². The van der Waals surface area contributed by atoms with Crippen LogP contribution >= 0.6 is 0 Å². The molecule has 8 aromatic rings. The Balaban J connectivity index is 1.16.